The number of hydrogen-bond donors (Lipinski definition) is 1. The largest absolute Gasteiger partial charge is 0.464 e. The fourth-order valence-corrected chi connectivity index (χ4v) is 3.18. The molecule has 6 heteroatoms. The van der Waals surface area contributed by atoms with Crippen molar-refractivity contribution < 1.29 is 18.7 Å². The maximum absolute atomic E-state index is 12.3. The minimum Gasteiger partial charge on any atom is -0.464 e. The molecule has 1 heterocycles. The van der Waals surface area contributed by atoms with Gasteiger partial charge in [0.15, 0.2) is 6.61 Å². The van der Waals surface area contributed by atoms with Gasteiger partial charge in [-0.1, -0.05) is 30.3 Å². The molecule has 6 nitrogen and oxygen atoms in total. The van der Waals surface area contributed by atoms with Crippen molar-refractivity contribution in [1.82, 2.24) is 0 Å². The van der Waals surface area contributed by atoms with Gasteiger partial charge in [-0.05, 0) is 41.1 Å². The molecule has 142 valence electrons. The molecule has 0 atom stereocenters. The molecule has 0 spiro atoms. The number of anilines is 1. The zero-order chi connectivity index (χ0) is 20.2. The van der Waals surface area contributed by atoms with E-state index in [1.54, 1.807) is 30.5 Å². The third-order valence-electron chi connectivity index (χ3n) is 4.54. The van der Waals surface area contributed by atoms with Crippen LogP contribution in [0.25, 0.3) is 21.7 Å². The molecule has 0 radical (unpaired) electrons. The molecule has 0 fully saturated rings. The predicted octanol–water partition coefficient (Wildman–Crippen LogP) is 4.18. The maximum Gasteiger partial charge on any atom is 0.310 e. The molecule has 4 rings (SSSR count). The molecule has 0 aliphatic carbocycles. The van der Waals surface area contributed by atoms with E-state index >= 15 is 0 Å². The van der Waals surface area contributed by atoms with Gasteiger partial charge >= 0.3 is 5.97 Å². The number of esters is 1. The van der Waals surface area contributed by atoms with Gasteiger partial charge in [-0.25, -0.2) is 0 Å². The highest BCUT2D eigenvalue weighted by molar-refractivity contribution is 6.08. The van der Waals surface area contributed by atoms with Crippen LogP contribution in [0.4, 0.5) is 5.69 Å². The first kappa shape index (κ1) is 18.3. The second kappa shape index (κ2) is 7.87. The van der Waals surface area contributed by atoms with Crippen LogP contribution in [0.2, 0.25) is 0 Å². The Bertz CT molecular complexity index is 1250. The average molecular weight is 384 g/mol. The number of carbonyl (C=O) groups is 2. The van der Waals surface area contributed by atoms with Gasteiger partial charge in [-0.3, -0.25) is 9.59 Å². The van der Waals surface area contributed by atoms with Crippen molar-refractivity contribution in [1.29, 1.82) is 5.26 Å². The normalized spacial score (nSPS) is 10.6. The molecule has 29 heavy (non-hydrogen) atoms. The van der Waals surface area contributed by atoms with E-state index in [1.165, 1.54) is 0 Å². The molecule has 0 unspecified atom stereocenters. The first-order valence-corrected chi connectivity index (χ1v) is 8.97. The number of hydrogen-bond acceptors (Lipinski definition) is 5. The van der Waals surface area contributed by atoms with E-state index in [9.17, 15) is 9.59 Å². The Morgan fingerprint density at radius 2 is 1.83 bits per heavy atom. The van der Waals surface area contributed by atoms with Crippen LogP contribution < -0.4 is 5.32 Å². The van der Waals surface area contributed by atoms with Crippen LogP contribution in [-0.2, 0) is 20.7 Å². The first-order valence-electron chi connectivity index (χ1n) is 8.97. The van der Waals surface area contributed by atoms with Crippen molar-refractivity contribution in [2.75, 3.05) is 11.9 Å². The van der Waals surface area contributed by atoms with E-state index < -0.39 is 18.5 Å². The lowest BCUT2D eigenvalue weighted by Gasteiger charge is -2.07. The summed E-state index contributed by atoms with van der Waals surface area (Å²) in [4.78, 5) is 24.2. The monoisotopic (exact) mass is 384 g/mol. The second-order valence-electron chi connectivity index (χ2n) is 6.50. The van der Waals surface area contributed by atoms with Crippen LogP contribution >= 0.6 is 0 Å². The molecular formula is C23H16N2O4. The molecule has 0 saturated heterocycles. The quantitative estimate of drug-likeness (QED) is 0.521. The van der Waals surface area contributed by atoms with Crippen molar-refractivity contribution >= 4 is 39.3 Å². The summed E-state index contributed by atoms with van der Waals surface area (Å²) in [5.74, 6) is -0.971. The Labute approximate surface area is 166 Å². The summed E-state index contributed by atoms with van der Waals surface area (Å²) in [7, 11) is 0. The topological polar surface area (TPSA) is 92.3 Å². The summed E-state index contributed by atoms with van der Waals surface area (Å²) in [6, 6.07) is 20.1. The highest BCUT2D eigenvalue weighted by Crippen LogP contribution is 2.30. The molecule has 3 aromatic carbocycles. The van der Waals surface area contributed by atoms with Crippen molar-refractivity contribution in [3.05, 3.63) is 78.1 Å². The molecule has 0 aliphatic heterocycles. The summed E-state index contributed by atoms with van der Waals surface area (Å²) in [6.07, 6.45) is 1.56. The Balaban J connectivity index is 1.40. The second-order valence-corrected chi connectivity index (χ2v) is 6.50. The number of nitrogens with one attached hydrogen (secondary N) is 1. The third kappa shape index (κ3) is 3.94. The van der Waals surface area contributed by atoms with Crippen molar-refractivity contribution in [3.8, 4) is 6.07 Å². The van der Waals surface area contributed by atoms with Gasteiger partial charge in [0.1, 0.15) is 5.58 Å². The van der Waals surface area contributed by atoms with Crippen LogP contribution in [0.1, 0.15) is 11.1 Å². The average Bonchev–Trinajstić information content (AvgIpc) is 3.16. The van der Waals surface area contributed by atoms with Gasteiger partial charge in [0.05, 0.1) is 24.3 Å². The summed E-state index contributed by atoms with van der Waals surface area (Å²) in [6.45, 7) is -0.393. The van der Waals surface area contributed by atoms with E-state index in [2.05, 4.69) is 5.32 Å². The van der Waals surface area contributed by atoms with Gasteiger partial charge in [0.2, 0.25) is 0 Å². The molecule has 0 bridgehead atoms. The lowest BCUT2D eigenvalue weighted by molar-refractivity contribution is -0.146. The fraction of sp³-hybridized carbons (Fsp3) is 0.0870. The molecule has 1 N–H and O–H groups in total. The highest BCUT2D eigenvalue weighted by Gasteiger charge is 2.15. The Morgan fingerprint density at radius 1 is 1.03 bits per heavy atom. The van der Waals surface area contributed by atoms with E-state index in [-0.39, 0.29) is 6.42 Å². The van der Waals surface area contributed by atoms with Gasteiger partial charge in [-0.2, -0.15) is 5.26 Å². The number of benzene rings is 3. The molecule has 0 aliphatic rings. The zero-order valence-electron chi connectivity index (χ0n) is 15.3. The van der Waals surface area contributed by atoms with Gasteiger partial charge in [-0.15, -0.1) is 0 Å². The fourth-order valence-electron chi connectivity index (χ4n) is 3.18. The van der Waals surface area contributed by atoms with E-state index in [0.29, 0.717) is 22.4 Å². The number of nitriles is 1. The highest BCUT2D eigenvalue weighted by atomic mass is 16.5. The summed E-state index contributed by atoms with van der Waals surface area (Å²) in [5.41, 5.74) is 2.44. The van der Waals surface area contributed by atoms with E-state index in [1.807, 2.05) is 42.5 Å². The summed E-state index contributed by atoms with van der Waals surface area (Å²) in [5, 5.41) is 14.3. The summed E-state index contributed by atoms with van der Waals surface area (Å²) < 4.78 is 10.7. The van der Waals surface area contributed by atoms with Crippen LogP contribution in [0.5, 0.6) is 0 Å². The Hall–Kier alpha value is -4.11. The van der Waals surface area contributed by atoms with Crippen LogP contribution in [0, 0.1) is 11.3 Å². The number of rotatable bonds is 5. The maximum atomic E-state index is 12.3. The van der Waals surface area contributed by atoms with Gasteiger partial charge in [0, 0.05) is 16.6 Å². The number of ether oxygens (including phenoxy) is 1. The standard InChI is InChI=1S/C23H16N2O4/c24-12-15-5-8-18(9-6-15)25-21(26)14-29-22(27)11-17-13-28-20-10-7-16-3-1-2-4-19(16)23(17)20/h1-10,13H,11,14H2,(H,25,26). The van der Waals surface area contributed by atoms with Gasteiger partial charge < -0.3 is 14.5 Å². The number of fused-ring (bicyclic) bond motifs is 3. The molecule has 0 saturated carbocycles. The first-order chi connectivity index (χ1) is 14.1. The Kier molecular flexibility index (Phi) is 4.95. The number of nitrogens with zero attached hydrogens (tertiary/aromatic N) is 1. The van der Waals surface area contributed by atoms with Crippen molar-refractivity contribution in [2.24, 2.45) is 0 Å². The molecule has 1 aromatic heterocycles. The summed E-state index contributed by atoms with van der Waals surface area (Å²) >= 11 is 0. The lowest BCUT2D eigenvalue weighted by Crippen LogP contribution is -2.21. The van der Waals surface area contributed by atoms with E-state index in [4.69, 9.17) is 14.4 Å². The number of furan rings is 1. The molecular weight excluding hydrogens is 368 g/mol. The minimum absolute atomic E-state index is 0.00511. The minimum atomic E-state index is -0.518. The predicted molar refractivity (Wildman–Crippen MR) is 108 cm³/mol. The zero-order valence-corrected chi connectivity index (χ0v) is 15.3. The third-order valence-corrected chi connectivity index (χ3v) is 4.54. The van der Waals surface area contributed by atoms with Crippen LogP contribution in [0.3, 0.4) is 0 Å². The molecule has 4 aromatic rings. The SMILES string of the molecule is N#Cc1ccc(NC(=O)COC(=O)Cc2coc3ccc4ccccc4c23)cc1. The van der Waals surface area contributed by atoms with Crippen molar-refractivity contribution in [3.63, 3.8) is 0 Å². The lowest BCUT2D eigenvalue weighted by atomic mass is 10.0. The van der Waals surface area contributed by atoms with Crippen molar-refractivity contribution in [2.45, 2.75) is 6.42 Å². The van der Waals surface area contributed by atoms with Crippen LogP contribution in [-0.4, -0.2) is 18.5 Å². The molecule has 1 amide bonds. The Morgan fingerprint density at radius 3 is 2.62 bits per heavy atom. The number of amides is 1. The van der Waals surface area contributed by atoms with Gasteiger partial charge in [0.25, 0.3) is 5.91 Å². The number of carbonyl (C=O) groups excluding carboxylic acids is 2. The van der Waals surface area contributed by atoms with E-state index in [0.717, 1.165) is 16.2 Å². The van der Waals surface area contributed by atoms with Crippen LogP contribution in [0.15, 0.2) is 71.3 Å². The smallest absolute Gasteiger partial charge is 0.310 e.